The molecule has 3 aromatic rings. The zero-order chi connectivity index (χ0) is 23.7. The number of esters is 1. The van der Waals surface area contributed by atoms with Gasteiger partial charge in [0.15, 0.2) is 0 Å². The number of carbonyl (C=O) groups excluding carboxylic acids is 1. The Kier molecular flexibility index (Phi) is 8.49. The fraction of sp³-hybridized carbons (Fsp3) is 0.269. The Hall–Kier alpha value is -3.32. The van der Waals surface area contributed by atoms with E-state index in [1.807, 2.05) is 36.4 Å². The summed E-state index contributed by atoms with van der Waals surface area (Å²) >= 11 is 0. The summed E-state index contributed by atoms with van der Waals surface area (Å²) < 4.78 is 46.3. The summed E-state index contributed by atoms with van der Waals surface area (Å²) in [5, 5.41) is 3.39. The molecule has 0 amide bonds. The summed E-state index contributed by atoms with van der Waals surface area (Å²) in [7, 11) is 0. The van der Waals surface area contributed by atoms with Crippen LogP contribution in [0.15, 0.2) is 84.9 Å². The maximum absolute atomic E-state index is 12.4. The van der Waals surface area contributed by atoms with Crippen molar-refractivity contribution in [1.29, 1.82) is 0 Å². The van der Waals surface area contributed by atoms with Crippen molar-refractivity contribution in [3.05, 3.63) is 102 Å². The van der Waals surface area contributed by atoms with Gasteiger partial charge in [0.2, 0.25) is 0 Å². The molecule has 0 aliphatic carbocycles. The van der Waals surface area contributed by atoms with Crippen LogP contribution in [-0.4, -0.2) is 25.0 Å². The van der Waals surface area contributed by atoms with Gasteiger partial charge < -0.3 is 14.8 Å². The quantitative estimate of drug-likeness (QED) is 0.389. The topological polar surface area (TPSA) is 47.6 Å². The number of benzene rings is 3. The Bertz CT molecular complexity index is 953. The molecule has 0 bridgehead atoms. The molecular weight excluding hydrogens is 431 g/mol. The highest BCUT2D eigenvalue weighted by atomic mass is 19.4. The average molecular weight is 457 g/mol. The molecule has 4 nitrogen and oxygen atoms in total. The van der Waals surface area contributed by atoms with Crippen molar-refractivity contribution >= 4 is 5.97 Å². The Labute approximate surface area is 191 Å². The van der Waals surface area contributed by atoms with Gasteiger partial charge in [0.25, 0.3) is 0 Å². The molecule has 1 atom stereocenters. The van der Waals surface area contributed by atoms with Gasteiger partial charge in [0.1, 0.15) is 12.4 Å². The summed E-state index contributed by atoms with van der Waals surface area (Å²) in [6.45, 7) is 1.94. The van der Waals surface area contributed by atoms with Crippen molar-refractivity contribution in [3.8, 4) is 5.75 Å². The van der Waals surface area contributed by atoms with Crippen LogP contribution in [0.2, 0.25) is 0 Å². The molecule has 0 saturated carbocycles. The number of hydrogen-bond acceptors (Lipinski definition) is 4. The number of carbonyl (C=O) groups is 1. The van der Waals surface area contributed by atoms with Gasteiger partial charge in [0, 0.05) is 25.4 Å². The minimum Gasteiger partial charge on any atom is -0.464 e. The van der Waals surface area contributed by atoms with Crippen LogP contribution in [0.1, 0.15) is 36.0 Å². The fourth-order valence-corrected chi connectivity index (χ4v) is 3.62. The minimum atomic E-state index is -4.72. The molecule has 3 rings (SSSR count). The molecule has 0 aromatic heterocycles. The van der Waals surface area contributed by atoms with Crippen molar-refractivity contribution in [1.82, 2.24) is 5.32 Å². The predicted molar refractivity (Wildman–Crippen MR) is 120 cm³/mol. The van der Waals surface area contributed by atoms with Gasteiger partial charge in [-0.15, -0.1) is 13.2 Å². The molecule has 33 heavy (non-hydrogen) atoms. The Morgan fingerprint density at radius 1 is 0.879 bits per heavy atom. The van der Waals surface area contributed by atoms with Crippen molar-refractivity contribution in [2.45, 2.75) is 38.2 Å². The van der Waals surface area contributed by atoms with Crippen LogP contribution in [0, 0.1) is 0 Å². The van der Waals surface area contributed by atoms with Crippen molar-refractivity contribution in [3.63, 3.8) is 0 Å². The number of nitrogens with one attached hydrogen (secondary N) is 1. The number of hydrogen-bond donors (Lipinski definition) is 1. The lowest BCUT2D eigenvalue weighted by atomic mass is 9.86. The van der Waals surface area contributed by atoms with E-state index in [2.05, 4.69) is 34.3 Å². The van der Waals surface area contributed by atoms with Gasteiger partial charge in [-0.1, -0.05) is 72.8 Å². The van der Waals surface area contributed by atoms with Crippen molar-refractivity contribution in [2.75, 3.05) is 6.61 Å². The number of halogens is 3. The Morgan fingerprint density at radius 2 is 1.42 bits per heavy atom. The van der Waals surface area contributed by atoms with Gasteiger partial charge >= 0.3 is 12.3 Å². The van der Waals surface area contributed by atoms with Crippen LogP contribution in [-0.2, 0) is 16.1 Å². The standard InChI is InChI=1S/C26H26F3NO3/c1-19(31)32-18-23(30-17-20-12-14-24(15-13-20)33-26(27,28)29)16-25(21-8-4-2-5-9-21)22-10-6-3-7-11-22/h2-15,23,25,30H,16-18H2,1H3/t23-/m1/s1. The third kappa shape index (κ3) is 8.27. The molecule has 0 saturated heterocycles. The summed E-state index contributed by atoms with van der Waals surface area (Å²) in [6, 6.07) is 25.7. The molecule has 0 fully saturated rings. The van der Waals surface area contributed by atoms with Crippen LogP contribution in [0.4, 0.5) is 13.2 Å². The van der Waals surface area contributed by atoms with E-state index >= 15 is 0 Å². The van der Waals surface area contributed by atoms with Crippen LogP contribution >= 0.6 is 0 Å². The van der Waals surface area contributed by atoms with Crippen LogP contribution in [0.5, 0.6) is 5.75 Å². The molecule has 0 heterocycles. The molecule has 0 spiro atoms. The van der Waals surface area contributed by atoms with E-state index in [0.29, 0.717) is 13.0 Å². The van der Waals surface area contributed by atoms with Gasteiger partial charge in [-0.3, -0.25) is 4.79 Å². The second-order valence-electron chi connectivity index (χ2n) is 7.68. The summed E-state index contributed by atoms with van der Waals surface area (Å²) in [6.07, 6.45) is -4.06. The minimum absolute atomic E-state index is 0.0722. The van der Waals surface area contributed by atoms with Gasteiger partial charge in [-0.2, -0.15) is 0 Å². The van der Waals surface area contributed by atoms with Crippen molar-refractivity contribution in [2.24, 2.45) is 0 Å². The molecule has 0 unspecified atom stereocenters. The Balaban J connectivity index is 1.73. The molecule has 3 aromatic carbocycles. The third-order valence-corrected chi connectivity index (χ3v) is 5.16. The maximum atomic E-state index is 12.4. The molecule has 174 valence electrons. The molecule has 7 heteroatoms. The Morgan fingerprint density at radius 3 is 1.91 bits per heavy atom. The van der Waals surface area contributed by atoms with E-state index in [9.17, 15) is 18.0 Å². The number of alkyl halides is 3. The van der Waals surface area contributed by atoms with E-state index in [-0.39, 0.29) is 30.3 Å². The lowest BCUT2D eigenvalue weighted by Gasteiger charge is -2.25. The second kappa shape index (κ2) is 11.5. The molecule has 0 aliphatic heterocycles. The van der Waals surface area contributed by atoms with Gasteiger partial charge in [0.05, 0.1) is 0 Å². The zero-order valence-electron chi connectivity index (χ0n) is 18.2. The molecule has 1 N–H and O–H groups in total. The highest BCUT2D eigenvalue weighted by molar-refractivity contribution is 5.65. The average Bonchev–Trinajstić information content (AvgIpc) is 2.79. The summed E-state index contributed by atoms with van der Waals surface area (Å²) in [5.41, 5.74) is 3.08. The molecule has 0 radical (unpaired) electrons. The maximum Gasteiger partial charge on any atom is 0.573 e. The first-order valence-corrected chi connectivity index (χ1v) is 10.6. The molecule has 0 aliphatic rings. The highest BCUT2D eigenvalue weighted by Gasteiger charge is 2.31. The first-order chi connectivity index (χ1) is 15.8. The summed E-state index contributed by atoms with van der Waals surface area (Å²) in [4.78, 5) is 11.4. The van der Waals surface area contributed by atoms with Crippen molar-refractivity contribution < 1.29 is 27.4 Å². The van der Waals surface area contributed by atoms with E-state index in [0.717, 1.165) is 16.7 Å². The fourth-order valence-electron chi connectivity index (χ4n) is 3.62. The monoisotopic (exact) mass is 457 g/mol. The first kappa shape index (κ1) is 24.3. The number of ether oxygens (including phenoxy) is 2. The van der Waals surface area contributed by atoms with E-state index in [4.69, 9.17) is 4.74 Å². The van der Waals surface area contributed by atoms with Crippen LogP contribution < -0.4 is 10.1 Å². The lowest BCUT2D eigenvalue weighted by Crippen LogP contribution is -2.35. The normalized spacial score (nSPS) is 12.4. The molecular formula is C26H26F3NO3. The smallest absolute Gasteiger partial charge is 0.464 e. The first-order valence-electron chi connectivity index (χ1n) is 10.6. The summed E-state index contributed by atoms with van der Waals surface area (Å²) in [5.74, 6) is -0.564. The van der Waals surface area contributed by atoms with Gasteiger partial charge in [-0.05, 0) is 35.2 Å². The lowest BCUT2D eigenvalue weighted by molar-refractivity contribution is -0.274. The van der Waals surface area contributed by atoms with Crippen LogP contribution in [0.25, 0.3) is 0 Å². The number of rotatable bonds is 10. The van der Waals surface area contributed by atoms with E-state index in [1.165, 1.54) is 19.1 Å². The largest absolute Gasteiger partial charge is 0.573 e. The SMILES string of the molecule is CC(=O)OC[C@@H](CC(c1ccccc1)c1ccccc1)NCc1ccc(OC(F)(F)F)cc1. The second-order valence-corrected chi connectivity index (χ2v) is 7.68. The van der Waals surface area contributed by atoms with E-state index in [1.54, 1.807) is 12.1 Å². The van der Waals surface area contributed by atoms with Crippen LogP contribution in [0.3, 0.4) is 0 Å². The predicted octanol–water partition coefficient (Wildman–Crippen LogP) is 5.83. The third-order valence-electron chi connectivity index (χ3n) is 5.16. The van der Waals surface area contributed by atoms with E-state index < -0.39 is 6.36 Å². The zero-order valence-corrected chi connectivity index (χ0v) is 18.2. The highest BCUT2D eigenvalue weighted by Crippen LogP contribution is 2.29. The van der Waals surface area contributed by atoms with Gasteiger partial charge in [-0.25, -0.2) is 0 Å².